The van der Waals surface area contributed by atoms with E-state index in [1.165, 1.54) is 75.1 Å². The molecule has 131 heavy (non-hydrogen) atoms. The molecule has 698 valence electrons. The van der Waals surface area contributed by atoms with Crippen molar-refractivity contribution in [2.24, 2.45) is 0 Å². The number of non-ortho nitro benzene ring substituents is 3. The first-order valence-corrected chi connectivity index (χ1v) is 35.5. The molecule has 10 heterocycles. The number of anilines is 2. The monoisotopic (exact) mass is 1900 g/mol. The number of aromatic nitrogens is 15. The summed E-state index contributed by atoms with van der Waals surface area (Å²) in [5, 5.41) is 53.2. The zero-order chi connectivity index (χ0) is 87.5. The summed E-state index contributed by atoms with van der Waals surface area (Å²) >= 11 is 10.9. The van der Waals surface area contributed by atoms with Crippen LogP contribution >= 0.6 is 23.8 Å². The summed E-state index contributed by atoms with van der Waals surface area (Å²) in [6.45, 7) is 1.92. The Hall–Kier alpha value is -15.4. The van der Waals surface area contributed by atoms with E-state index in [0.29, 0.717) is 73.5 Å². The van der Waals surface area contributed by atoms with Crippen molar-refractivity contribution in [1.29, 1.82) is 0 Å². The molecule has 46 heteroatoms. The van der Waals surface area contributed by atoms with Crippen LogP contribution in [0, 0.1) is 59.4 Å². The number of amides is 1. The normalized spacial score (nSPS) is 9.79. The van der Waals surface area contributed by atoms with E-state index in [-0.39, 0.29) is 171 Å². The molecule has 0 aliphatic heterocycles. The molecule has 10 aromatic heterocycles. The summed E-state index contributed by atoms with van der Waals surface area (Å²) in [5.74, 6) is -5.10. The van der Waals surface area contributed by atoms with Crippen molar-refractivity contribution in [3.63, 3.8) is 0 Å². The maximum atomic E-state index is 14.7. The van der Waals surface area contributed by atoms with E-state index in [1.54, 1.807) is 89.2 Å². The van der Waals surface area contributed by atoms with Crippen LogP contribution < -0.4 is 35.3 Å². The van der Waals surface area contributed by atoms with Crippen LogP contribution in [0.2, 0.25) is 5.15 Å². The number of hydrogen-bond acceptors (Lipinski definition) is 28. The first-order valence-electron chi connectivity index (χ1n) is 34.7. The predicted octanol–water partition coefficient (Wildman–Crippen LogP) is 20.5. The molecule has 1 amide bonds. The number of aromatic amines is 2. The van der Waals surface area contributed by atoms with Gasteiger partial charge in [-0.25, -0.2) is 51.9 Å². The molecule has 0 unspecified atom stereocenters. The molecule has 0 atom stereocenters. The van der Waals surface area contributed by atoms with Crippen molar-refractivity contribution < 1.29 is 107 Å². The molecule has 0 saturated carbocycles. The van der Waals surface area contributed by atoms with Crippen molar-refractivity contribution >= 4 is 124 Å². The molecule has 0 radical (unpaired) electrons. The minimum atomic E-state index is -0.987. The molecule has 38 nitrogen and oxygen atoms in total. The SMILES string of the molecule is C.C.C.C.C.C.C.C.CC(=O)O.COCn1ccc2ncnc(Oc3ccc(N)cc3F)c21.COCn1ccc2ncnc(Oc3ccc(NC(=S)NC(=O)Cc4ccccc4)cc3F)c21.COCn1ccc2ncnc(Oc3ccc([N+](=O)[O-])cc3F)c21.Clc1ncnc2cc[nH]c12.O=[N+]([O-])c1ccc(O)c(F)c1.O=[N+]([O-])c1ccc(Oc2ncnc3cc[nH]c23)c(F)c1.[Fe]. The van der Waals surface area contributed by atoms with E-state index >= 15 is 0 Å². The number of carbonyl (C=O) groups is 2. The van der Waals surface area contributed by atoms with Gasteiger partial charge in [-0.3, -0.25) is 39.9 Å². The summed E-state index contributed by atoms with van der Waals surface area (Å²) in [6, 6.07) is 35.6. The van der Waals surface area contributed by atoms with Gasteiger partial charge in [0, 0.05) is 118 Å². The van der Waals surface area contributed by atoms with Gasteiger partial charge in [0.25, 0.3) is 23.0 Å². The molecule has 6 aromatic carbocycles. The summed E-state index contributed by atoms with van der Waals surface area (Å²) in [7, 11) is 4.68. The fraction of sp³-hybridized carbons (Fsp3) is 0.188. The third kappa shape index (κ3) is 31.3. The van der Waals surface area contributed by atoms with E-state index < -0.39 is 55.6 Å². The number of aliphatic carboxylic acids is 1. The van der Waals surface area contributed by atoms with Gasteiger partial charge in [0.15, 0.2) is 68.1 Å². The molecule has 0 spiro atoms. The Balaban J connectivity index is 0.000000794. The Bertz CT molecular complexity index is 6420. The van der Waals surface area contributed by atoms with E-state index in [4.69, 9.17) is 77.7 Å². The summed E-state index contributed by atoms with van der Waals surface area (Å²) < 4.78 is 111. The number of phenolic OH excluding ortho intramolecular Hbond substituents is 1. The van der Waals surface area contributed by atoms with Crippen LogP contribution in [0.25, 0.3) is 55.2 Å². The fourth-order valence-corrected chi connectivity index (χ4v) is 10.9. The van der Waals surface area contributed by atoms with Crippen LogP contribution in [0.4, 0.5) is 50.4 Å². The molecule has 0 saturated heterocycles. The molecule has 0 fully saturated rings. The minimum absolute atomic E-state index is 0. The Labute approximate surface area is 767 Å². The van der Waals surface area contributed by atoms with Gasteiger partial charge in [-0.2, -0.15) is 19.9 Å². The van der Waals surface area contributed by atoms with Crippen molar-refractivity contribution in [2.75, 3.05) is 32.4 Å². The van der Waals surface area contributed by atoms with E-state index in [9.17, 15) is 57.1 Å². The van der Waals surface area contributed by atoms with Gasteiger partial charge < -0.3 is 83.4 Å². The largest absolute Gasteiger partial charge is 0.505 e. The van der Waals surface area contributed by atoms with Gasteiger partial charge in [-0.15, -0.1) is 0 Å². The van der Waals surface area contributed by atoms with Crippen molar-refractivity contribution in [2.45, 2.75) is 93.0 Å². The Morgan fingerprint density at radius 1 is 0.473 bits per heavy atom. The maximum absolute atomic E-state index is 14.7. The summed E-state index contributed by atoms with van der Waals surface area (Å²) in [5.41, 5.74) is 12.5. The van der Waals surface area contributed by atoms with Crippen LogP contribution in [0.15, 0.2) is 214 Å². The Morgan fingerprint density at radius 2 is 0.824 bits per heavy atom. The Morgan fingerprint density at radius 3 is 1.21 bits per heavy atom. The number of benzene rings is 6. The number of thiocarbonyl (C=S) groups is 1. The van der Waals surface area contributed by atoms with Crippen molar-refractivity contribution in [3.8, 4) is 52.3 Å². The third-order valence-electron chi connectivity index (χ3n) is 15.8. The number of nitro benzene ring substituents is 3. The number of nitrogen functional groups attached to an aromatic ring is 1. The zero-order valence-electron chi connectivity index (χ0n) is 63.8. The van der Waals surface area contributed by atoms with Crippen LogP contribution in [0.3, 0.4) is 0 Å². The standard InChI is InChI=1S/C23H20FN5O3S.C14H11FN4O4.C14H13FN4O2.C12H7FN4O3.C6H4ClN3.C6H4FNO3.C2H4O2.8CH4.Fe/c1-31-14-29-10-9-18-21(29)22(26-13-25-18)32-19-8-7-16(12-17(19)24)27-23(33)28-20(30)11-15-5-3-2-4-6-15;1-22-8-18-5-4-11-13(18)14(17-7-16-11)23-12-3-2-9(19(20)21)6-10(12)15;1-20-8-19-5-4-11-13(19)14(18-7-17-11)21-12-3-2-9(16)6-10(12)15;13-8-5-7(17(18)19)1-2-10(8)20-12-11-9(3-4-14-11)15-6-16-12;7-6-5-4(1-2-8-5)9-3-10-6;7-5-3-4(8(10)11)1-2-6(5)9;1-2(3)4;;;;;;;;;/h2-10,12-13H,11,14H2,1H3,(H2,27,28,30,33);2-7H,8H2,1H3;2-7H,8,16H2,1H3;1-6,14H;1-3,8H;1-3,9H;1H3,(H,3,4);8*1H4;. The van der Waals surface area contributed by atoms with Gasteiger partial charge >= 0.3 is 0 Å². The number of nitrogens with two attached hydrogens (primary N) is 1. The number of nitrogens with zero attached hydrogens (tertiary/aromatic N) is 16. The first-order chi connectivity index (χ1) is 58.7. The number of fused-ring (bicyclic) bond motifs is 5. The first kappa shape index (κ1) is 114. The number of hydrogen-bond donors (Lipinski definition) is 7. The van der Waals surface area contributed by atoms with Crippen LogP contribution in [0.1, 0.15) is 71.9 Å². The second kappa shape index (κ2) is 54.6. The van der Waals surface area contributed by atoms with Crippen LogP contribution in [0.5, 0.6) is 52.3 Å². The molecule has 8 N–H and O–H groups in total. The fourth-order valence-electron chi connectivity index (χ4n) is 10.5. The van der Waals surface area contributed by atoms with Gasteiger partial charge in [-0.1, -0.05) is 101 Å². The molecule has 16 aromatic rings. The number of phenols is 1. The number of halogens is 6. The van der Waals surface area contributed by atoms with Gasteiger partial charge in [-0.05, 0) is 90.6 Å². The second-order valence-corrected chi connectivity index (χ2v) is 25.0. The smallest absolute Gasteiger partial charge is 0.300 e. The predicted molar refractivity (Wildman–Crippen MR) is 486 cm³/mol. The molecule has 0 bridgehead atoms. The van der Waals surface area contributed by atoms with Gasteiger partial charge in [0.2, 0.25) is 29.4 Å². The number of carbonyl (C=O) groups excluding carboxylic acids is 1. The van der Waals surface area contributed by atoms with Crippen molar-refractivity contribution in [1.82, 2.24) is 78.8 Å². The van der Waals surface area contributed by atoms with Gasteiger partial charge in [0.1, 0.15) is 79.4 Å². The molecule has 0 aliphatic carbocycles. The topological polar surface area (TPSA) is 494 Å². The average molecular weight is 1900 g/mol. The second-order valence-electron chi connectivity index (χ2n) is 24.2. The van der Waals surface area contributed by atoms with Crippen LogP contribution in [-0.2, 0) is 67.5 Å². The number of H-pyrrole nitrogens is 2. The number of rotatable bonds is 20. The average Bonchev–Trinajstić information content (AvgIpc) is 1.66. The summed E-state index contributed by atoms with van der Waals surface area (Å²) in [4.78, 5) is 96.4. The number of aromatic hydroxyl groups is 1. The number of carboxylic acids is 1. The number of nitro groups is 3. The number of carboxylic acid groups (broad SMARTS) is 1. The molecule has 16 rings (SSSR count). The molecule has 0 aliphatic rings. The van der Waals surface area contributed by atoms with Crippen LogP contribution in [-0.4, -0.2) is 137 Å². The molecular formula is C85H95ClF5FeN21O17S. The zero-order valence-corrected chi connectivity index (χ0v) is 66.5. The maximum Gasteiger partial charge on any atom is 0.300 e. The quantitative estimate of drug-likeness (QED) is 0.00708. The van der Waals surface area contributed by atoms with E-state index in [0.717, 1.165) is 59.9 Å². The third-order valence-corrected chi connectivity index (χ3v) is 16.3. The summed E-state index contributed by atoms with van der Waals surface area (Å²) in [6.07, 6.45) is 15.7. The van der Waals surface area contributed by atoms with E-state index in [1.807, 2.05) is 42.5 Å². The Kier molecular flexibility index (Phi) is 47.3. The molecular weight excluding hydrogens is 1810 g/mol. The van der Waals surface area contributed by atoms with Crippen molar-refractivity contribution in [3.05, 3.63) is 284 Å². The van der Waals surface area contributed by atoms with E-state index in [2.05, 4.69) is 70.4 Å². The minimum Gasteiger partial charge on any atom is -0.505 e. The number of nitrogens with one attached hydrogen (secondary N) is 4. The number of methoxy groups -OCH3 is 3. The number of ether oxygens (including phenoxy) is 7. The van der Waals surface area contributed by atoms with Gasteiger partial charge in [0.05, 0.1) is 67.0 Å².